The molecule has 2 aromatic heterocycles. The number of anilines is 1. The predicted octanol–water partition coefficient (Wildman–Crippen LogP) is 6.48. The van der Waals surface area contributed by atoms with Gasteiger partial charge in [-0.05, 0) is 79.8 Å². The maximum atomic E-state index is 6.36. The molecular weight excluding hydrogens is 426 g/mol. The summed E-state index contributed by atoms with van der Waals surface area (Å²) in [7, 11) is 0. The van der Waals surface area contributed by atoms with Gasteiger partial charge in [-0.3, -0.25) is 4.98 Å². The lowest BCUT2D eigenvalue weighted by Gasteiger charge is -2.26. The van der Waals surface area contributed by atoms with Crippen LogP contribution >= 0.6 is 23.8 Å². The molecule has 0 bridgehead atoms. The minimum Gasteiger partial charge on any atom is -0.459 e. The summed E-state index contributed by atoms with van der Waals surface area (Å²) in [5.41, 5.74) is 4.09. The molecule has 6 heteroatoms. The first-order chi connectivity index (χ1) is 15.1. The van der Waals surface area contributed by atoms with Gasteiger partial charge in [-0.1, -0.05) is 35.4 Å². The highest BCUT2D eigenvalue weighted by Crippen LogP contribution is 2.42. The number of nitrogens with zero attached hydrogens (tertiary/aromatic N) is 2. The van der Waals surface area contributed by atoms with Crippen LogP contribution in [0.25, 0.3) is 11.3 Å². The molecule has 0 spiro atoms. The van der Waals surface area contributed by atoms with Crippen molar-refractivity contribution in [1.29, 1.82) is 0 Å². The average molecular weight is 446 g/mol. The van der Waals surface area contributed by atoms with Gasteiger partial charge in [0.05, 0.1) is 11.7 Å². The number of hydrogen-bond donors (Lipinski definition) is 1. The van der Waals surface area contributed by atoms with Crippen molar-refractivity contribution in [2.24, 2.45) is 0 Å². The van der Waals surface area contributed by atoms with E-state index in [9.17, 15) is 0 Å². The fourth-order valence-electron chi connectivity index (χ4n) is 3.91. The fraction of sp³-hybridized carbons (Fsp3) is 0.120. The summed E-state index contributed by atoms with van der Waals surface area (Å²) in [5.74, 6) is 1.60. The number of aromatic nitrogens is 1. The Hall–Kier alpha value is -3.15. The molecule has 1 N–H and O–H groups in total. The highest BCUT2D eigenvalue weighted by atomic mass is 35.5. The van der Waals surface area contributed by atoms with Gasteiger partial charge < -0.3 is 14.6 Å². The zero-order valence-electron chi connectivity index (χ0n) is 16.8. The summed E-state index contributed by atoms with van der Waals surface area (Å²) in [6.07, 6.45) is 1.80. The van der Waals surface area contributed by atoms with Gasteiger partial charge in [-0.25, -0.2) is 0 Å². The predicted molar refractivity (Wildman–Crippen MR) is 128 cm³/mol. The highest BCUT2D eigenvalue weighted by Gasteiger charge is 2.42. The average Bonchev–Trinajstić information content (AvgIpc) is 3.40. The summed E-state index contributed by atoms with van der Waals surface area (Å²) in [6, 6.07) is 25.6. The molecule has 0 saturated carbocycles. The third-order valence-corrected chi connectivity index (χ3v) is 6.02. The first kappa shape index (κ1) is 19.8. The number of benzene rings is 2. The zero-order chi connectivity index (χ0) is 21.4. The number of furan rings is 1. The SMILES string of the molecule is Cc1ccc(N2C(=S)NC(c3ccccn3)C2c2ccc(-c3ccc(Cl)cc3)o2)cc1. The molecule has 2 aromatic carbocycles. The van der Waals surface area contributed by atoms with Crippen molar-refractivity contribution in [2.45, 2.75) is 19.0 Å². The number of hydrogen-bond acceptors (Lipinski definition) is 3. The minimum atomic E-state index is -0.175. The van der Waals surface area contributed by atoms with E-state index in [2.05, 4.69) is 46.4 Å². The second-order valence-corrected chi connectivity index (χ2v) is 8.36. The van der Waals surface area contributed by atoms with Crippen LogP contribution in [0, 0.1) is 6.92 Å². The maximum absolute atomic E-state index is 6.36. The second kappa shape index (κ2) is 8.17. The Morgan fingerprint density at radius 1 is 0.968 bits per heavy atom. The van der Waals surface area contributed by atoms with Crippen LogP contribution in [0.4, 0.5) is 5.69 Å². The van der Waals surface area contributed by atoms with Gasteiger partial charge in [0.25, 0.3) is 0 Å². The number of pyridine rings is 1. The van der Waals surface area contributed by atoms with Gasteiger partial charge in [-0.15, -0.1) is 0 Å². The van der Waals surface area contributed by atoms with Crippen molar-refractivity contribution < 1.29 is 4.42 Å². The Morgan fingerprint density at radius 2 is 1.74 bits per heavy atom. The second-order valence-electron chi connectivity index (χ2n) is 7.54. The number of rotatable bonds is 4. The molecule has 2 unspecified atom stereocenters. The molecule has 3 heterocycles. The largest absolute Gasteiger partial charge is 0.459 e. The first-order valence-corrected chi connectivity index (χ1v) is 10.8. The minimum absolute atomic E-state index is 0.140. The van der Waals surface area contributed by atoms with Crippen molar-refractivity contribution in [2.75, 3.05) is 4.90 Å². The summed E-state index contributed by atoms with van der Waals surface area (Å²) in [5, 5.41) is 4.80. The van der Waals surface area contributed by atoms with Crippen LogP contribution in [0.3, 0.4) is 0 Å². The van der Waals surface area contributed by atoms with Crippen molar-refractivity contribution in [3.8, 4) is 11.3 Å². The Morgan fingerprint density at radius 3 is 2.45 bits per heavy atom. The Balaban J connectivity index is 1.59. The molecule has 1 aliphatic heterocycles. The van der Waals surface area contributed by atoms with E-state index in [4.69, 9.17) is 28.2 Å². The topological polar surface area (TPSA) is 41.3 Å². The van der Waals surface area contributed by atoms with Gasteiger partial charge in [0.15, 0.2) is 5.11 Å². The summed E-state index contributed by atoms with van der Waals surface area (Å²) < 4.78 is 6.36. The van der Waals surface area contributed by atoms with Crippen LogP contribution in [0.2, 0.25) is 5.02 Å². The van der Waals surface area contributed by atoms with Gasteiger partial charge in [0, 0.05) is 22.5 Å². The standard InChI is InChI=1S/C25H20ClN3OS/c1-16-5-11-19(12-6-16)29-24(23(28-25(29)31)20-4-2-3-15-27-20)22-14-13-21(30-22)17-7-9-18(26)10-8-17/h2-15,23-24H,1H3,(H,28,31). The monoisotopic (exact) mass is 445 g/mol. The highest BCUT2D eigenvalue weighted by molar-refractivity contribution is 7.80. The van der Waals surface area contributed by atoms with E-state index in [0.29, 0.717) is 10.1 Å². The Labute approximate surface area is 191 Å². The van der Waals surface area contributed by atoms with Gasteiger partial charge in [-0.2, -0.15) is 0 Å². The fourth-order valence-corrected chi connectivity index (χ4v) is 4.38. The van der Waals surface area contributed by atoms with Crippen molar-refractivity contribution in [3.05, 3.63) is 107 Å². The molecule has 2 atom stereocenters. The van der Waals surface area contributed by atoms with Crippen molar-refractivity contribution >= 4 is 34.6 Å². The van der Waals surface area contributed by atoms with E-state index in [-0.39, 0.29) is 12.1 Å². The van der Waals surface area contributed by atoms with Crippen LogP contribution < -0.4 is 10.2 Å². The molecule has 31 heavy (non-hydrogen) atoms. The lowest BCUT2D eigenvalue weighted by molar-refractivity contribution is 0.439. The Bertz CT molecular complexity index is 1210. The van der Waals surface area contributed by atoms with Gasteiger partial charge in [0.2, 0.25) is 0 Å². The molecule has 1 fully saturated rings. The van der Waals surface area contributed by atoms with Crippen LogP contribution in [0.5, 0.6) is 0 Å². The molecule has 4 aromatic rings. The molecule has 0 radical (unpaired) electrons. The summed E-state index contributed by atoms with van der Waals surface area (Å²) >= 11 is 11.8. The molecule has 1 aliphatic rings. The van der Waals surface area contributed by atoms with E-state index in [1.165, 1.54) is 5.56 Å². The van der Waals surface area contributed by atoms with Gasteiger partial charge >= 0.3 is 0 Å². The van der Waals surface area contributed by atoms with E-state index >= 15 is 0 Å². The zero-order valence-corrected chi connectivity index (χ0v) is 18.4. The van der Waals surface area contributed by atoms with Crippen LogP contribution in [0.15, 0.2) is 89.5 Å². The van der Waals surface area contributed by atoms with Crippen molar-refractivity contribution in [3.63, 3.8) is 0 Å². The third kappa shape index (κ3) is 3.82. The molecule has 4 nitrogen and oxygen atoms in total. The Kier molecular flexibility index (Phi) is 5.22. The summed E-state index contributed by atoms with van der Waals surface area (Å²) in [6.45, 7) is 2.07. The molecule has 154 valence electrons. The van der Waals surface area contributed by atoms with Crippen molar-refractivity contribution in [1.82, 2.24) is 10.3 Å². The molecular formula is C25H20ClN3OS. The maximum Gasteiger partial charge on any atom is 0.174 e. The molecule has 0 amide bonds. The summed E-state index contributed by atoms with van der Waals surface area (Å²) in [4.78, 5) is 6.69. The molecule has 5 rings (SSSR count). The smallest absolute Gasteiger partial charge is 0.174 e. The quantitative estimate of drug-likeness (QED) is 0.364. The number of halogens is 1. The van der Waals surface area contributed by atoms with E-state index in [1.54, 1.807) is 6.20 Å². The number of thiocarbonyl (C=S) groups is 1. The van der Waals surface area contributed by atoms with Crippen LogP contribution in [-0.2, 0) is 0 Å². The normalized spacial score (nSPS) is 18.3. The van der Waals surface area contributed by atoms with E-state index < -0.39 is 0 Å². The number of aryl methyl sites for hydroxylation is 1. The molecule has 0 aliphatic carbocycles. The first-order valence-electron chi connectivity index (χ1n) is 10.0. The molecule has 1 saturated heterocycles. The van der Waals surface area contributed by atoms with Crippen LogP contribution in [0.1, 0.15) is 29.1 Å². The van der Waals surface area contributed by atoms with E-state index in [1.807, 2.05) is 54.6 Å². The number of nitrogens with one attached hydrogen (secondary N) is 1. The van der Waals surface area contributed by atoms with Crippen LogP contribution in [-0.4, -0.2) is 10.1 Å². The van der Waals surface area contributed by atoms with Gasteiger partial charge in [0.1, 0.15) is 17.6 Å². The lowest BCUT2D eigenvalue weighted by Crippen LogP contribution is -2.29. The third-order valence-electron chi connectivity index (χ3n) is 5.46. The van der Waals surface area contributed by atoms with E-state index in [0.717, 1.165) is 28.5 Å². The lowest BCUT2D eigenvalue weighted by atomic mass is 10.0.